The van der Waals surface area contributed by atoms with E-state index in [9.17, 15) is 8.42 Å². The largest absolute Gasteiger partial charge is 0.411 e. The van der Waals surface area contributed by atoms with Crippen molar-refractivity contribution in [1.29, 1.82) is 5.26 Å². The van der Waals surface area contributed by atoms with Crippen LogP contribution in [-0.2, 0) is 10.0 Å². The van der Waals surface area contributed by atoms with E-state index in [2.05, 4.69) is 10.2 Å². The van der Waals surface area contributed by atoms with Gasteiger partial charge < -0.3 is 4.42 Å². The van der Waals surface area contributed by atoms with Gasteiger partial charge in [0, 0.05) is 30.8 Å². The van der Waals surface area contributed by atoms with Crippen LogP contribution in [0.1, 0.15) is 25.7 Å². The molecule has 7 nitrogen and oxygen atoms in total. The molecule has 1 fully saturated rings. The van der Waals surface area contributed by atoms with Gasteiger partial charge in [0.1, 0.15) is 0 Å². The molecule has 132 valence electrons. The molecule has 1 aliphatic rings. The molecule has 0 bridgehead atoms. The number of nitrogens with zero attached hydrogens (tertiary/aromatic N) is 4. The molecule has 0 aliphatic carbocycles. The Balaban J connectivity index is 1.81. The summed E-state index contributed by atoms with van der Waals surface area (Å²) in [5.41, 5.74) is 0.567. The summed E-state index contributed by atoms with van der Waals surface area (Å²) < 4.78 is 32.6. The highest BCUT2D eigenvalue weighted by molar-refractivity contribution is 7.99. The van der Waals surface area contributed by atoms with Gasteiger partial charge in [-0.05, 0) is 31.0 Å². The van der Waals surface area contributed by atoms with Crippen molar-refractivity contribution in [3.63, 3.8) is 0 Å². The zero-order valence-electron chi connectivity index (χ0n) is 13.6. The van der Waals surface area contributed by atoms with Crippen LogP contribution in [0.25, 0.3) is 11.5 Å². The molecule has 2 heterocycles. The maximum absolute atomic E-state index is 12.8. The summed E-state index contributed by atoms with van der Waals surface area (Å²) in [5, 5.41) is 16.8. The number of hydrogen-bond acceptors (Lipinski definition) is 7. The minimum Gasteiger partial charge on any atom is -0.411 e. The topological polar surface area (TPSA) is 100 Å². The van der Waals surface area contributed by atoms with Gasteiger partial charge in [-0.3, -0.25) is 0 Å². The number of benzene rings is 1. The van der Waals surface area contributed by atoms with Crippen molar-refractivity contribution >= 4 is 21.8 Å². The fraction of sp³-hybridized carbons (Fsp3) is 0.438. The number of rotatable bonds is 6. The first-order valence-corrected chi connectivity index (χ1v) is 10.5. The Morgan fingerprint density at radius 3 is 2.80 bits per heavy atom. The third-order valence-electron chi connectivity index (χ3n) is 3.88. The van der Waals surface area contributed by atoms with Gasteiger partial charge in [0.25, 0.3) is 5.22 Å². The highest BCUT2D eigenvalue weighted by atomic mass is 32.2. The quantitative estimate of drug-likeness (QED) is 0.563. The van der Waals surface area contributed by atoms with E-state index >= 15 is 0 Å². The second-order valence-corrected chi connectivity index (χ2v) is 8.61. The summed E-state index contributed by atoms with van der Waals surface area (Å²) in [6.45, 7) is 1.12. The number of sulfonamides is 1. The van der Waals surface area contributed by atoms with Gasteiger partial charge in [-0.1, -0.05) is 24.2 Å². The minimum atomic E-state index is -3.50. The molecule has 25 heavy (non-hydrogen) atoms. The Hall–Kier alpha value is -1.89. The van der Waals surface area contributed by atoms with Crippen molar-refractivity contribution in [1.82, 2.24) is 14.5 Å². The molecule has 0 amide bonds. The lowest BCUT2D eigenvalue weighted by atomic mass is 10.2. The lowest BCUT2D eigenvalue weighted by Gasteiger charge is -2.25. The predicted molar refractivity (Wildman–Crippen MR) is 93.3 cm³/mol. The predicted octanol–water partition coefficient (Wildman–Crippen LogP) is 2.92. The fourth-order valence-electron chi connectivity index (χ4n) is 2.61. The molecule has 3 rings (SSSR count). The van der Waals surface area contributed by atoms with Gasteiger partial charge in [-0.15, -0.1) is 10.2 Å². The van der Waals surface area contributed by atoms with E-state index in [1.54, 1.807) is 24.3 Å². The minimum absolute atomic E-state index is 0.240. The first-order chi connectivity index (χ1) is 12.1. The maximum atomic E-state index is 12.8. The van der Waals surface area contributed by atoms with Gasteiger partial charge in [0.05, 0.1) is 11.0 Å². The van der Waals surface area contributed by atoms with Crippen LogP contribution in [0.4, 0.5) is 0 Å². The summed E-state index contributed by atoms with van der Waals surface area (Å²) in [7, 11) is -3.50. The van der Waals surface area contributed by atoms with Crippen molar-refractivity contribution < 1.29 is 12.8 Å². The van der Waals surface area contributed by atoms with Crippen LogP contribution in [-0.4, -0.2) is 41.8 Å². The molecule has 9 heteroatoms. The highest BCUT2D eigenvalue weighted by Crippen LogP contribution is 2.27. The first kappa shape index (κ1) is 17.9. The molecular formula is C16H18N4O3S2. The van der Waals surface area contributed by atoms with E-state index < -0.39 is 10.0 Å². The third-order valence-corrected chi connectivity index (χ3v) is 6.59. The highest BCUT2D eigenvalue weighted by Gasteiger charge is 2.26. The van der Waals surface area contributed by atoms with E-state index in [4.69, 9.17) is 9.68 Å². The molecule has 1 aliphatic heterocycles. The summed E-state index contributed by atoms with van der Waals surface area (Å²) in [6, 6.07) is 8.63. The van der Waals surface area contributed by atoms with E-state index in [0.717, 1.165) is 19.3 Å². The van der Waals surface area contributed by atoms with Crippen molar-refractivity contribution in [3.05, 3.63) is 24.3 Å². The molecular weight excluding hydrogens is 360 g/mol. The van der Waals surface area contributed by atoms with Crippen LogP contribution in [0, 0.1) is 11.3 Å². The van der Waals surface area contributed by atoms with Crippen molar-refractivity contribution in [3.8, 4) is 17.5 Å². The van der Waals surface area contributed by atoms with E-state index in [-0.39, 0.29) is 10.8 Å². The lowest BCUT2D eigenvalue weighted by molar-refractivity contribution is 0.346. The normalized spacial score (nSPS) is 15.8. The van der Waals surface area contributed by atoms with Gasteiger partial charge in [0.2, 0.25) is 15.9 Å². The average molecular weight is 378 g/mol. The van der Waals surface area contributed by atoms with Gasteiger partial charge in [-0.2, -0.15) is 9.57 Å². The molecule has 0 radical (unpaired) electrons. The summed E-state index contributed by atoms with van der Waals surface area (Å²) in [6.07, 6.45) is 3.25. The lowest BCUT2D eigenvalue weighted by Crippen LogP contribution is -2.35. The molecule has 2 aromatic rings. The van der Waals surface area contributed by atoms with E-state index in [0.29, 0.717) is 36.0 Å². The van der Waals surface area contributed by atoms with Crippen LogP contribution < -0.4 is 0 Å². The second kappa shape index (κ2) is 7.99. The Morgan fingerprint density at radius 1 is 1.24 bits per heavy atom. The molecule has 0 unspecified atom stereocenters. The zero-order chi connectivity index (χ0) is 17.7. The molecule has 0 N–H and O–H groups in total. The Labute approximate surface area is 151 Å². The Morgan fingerprint density at radius 2 is 2.04 bits per heavy atom. The van der Waals surface area contributed by atoms with Crippen LogP contribution in [0.2, 0.25) is 0 Å². The molecule has 1 aromatic carbocycles. The Kier molecular flexibility index (Phi) is 5.73. The fourth-order valence-corrected chi connectivity index (χ4v) is 4.78. The van der Waals surface area contributed by atoms with Crippen LogP contribution >= 0.6 is 11.8 Å². The van der Waals surface area contributed by atoms with Crippen LogP contribution in [0.15, 0.2) is 38.8 Å². The number of thioether (sulfide) groups is 1. The SMILES string of the molecule is N#CCCSc1nnc(-c2cccc(S(=O)(=O)N3CCCCC3)c2)o1. The number of aromatic nitrogens is 2. The smallest absolute Gasteiger partial charge is 0.276 e. The number of hydrogen-bond donors (Lipinski definition) is 0. The molecule has 1 aromatic heterocycles. The van der Waals surface area contributed by atoms with Gasteiger partial charge >= 0.3 is 0 Å². The monoisotopic (exact) mass is 378 g/mol. The standard InChI is InChI=1S/C16H18N4O3S2/c17-8-5-11-24-16-19-18-15(23-16)13-6-4-7-14(12-13)25(21,22)20-9-2-1-3-10-20/h4,6-7,12H,1-3,5,9-11H2. The third kappa shape index (κ3) is 4.21. The van der Waals surface area contributed by atoms with Crippen molar-refractivity contribution in [2.75, 3.05) is 18.8 Å². The van der Waals surface area contributed by atoms with Gasteiger partial charge in [0.15, 0.2) is 0 Å². The van der Waals surface area contributed by atoms with E-state index in [1.165, 1.54) is 16.1 Å². The average Bonchev–Trinajstić information content (AvgIpc) is 3.12. The number of piperidine rings is 1. The maximum Gasteiger partial charge on any atom is 0.276 e. The van der Waals surface area contributed by atoms with Crippen molar-refractivity contribution in [2.45, 2.75) is 35.8 Å². The van der Waals surface area contributed by atoms with E-state index in [1.807, 2.05) is 6.07 Å². The second-order valence-electron chi connectivity index (χ2n) is 5.62. The zero-order valence-corrected chi connectivity index (χ0v) is 15.2. The number of nitriles is 1. The molecule has 0 saturated carbocycles. The summed E-state index contributed by atoms with van der Waals surface area (Å²) >= 11 is 1.30. The van der Waals surface area contributed by atoms with Crippen molar-refractivity contribution in [2.24, 2.45) is 0 Å². The molecule has 1 saturated heterocycles. The van der Waals surface area contributed by atoms with Gasteiger partial charge in [-0.25, -0.2) is 8.42 Å². The van der Waals surface area contributed by atoms with Crippen LogP contribution in [0.5, 0.6) is 0 Å². The summed E-state index contributed by atoms with van der Waals surface area (Å²) in [4.78, 5) is 0.240. The Bertz CT molecular complexity index is 868. The van der Waals surface area contributed by atoms with Crippen LogP contribution in [0.3, 0.4) is 0 Å². The summed E-state index contributed by atoms with van der Waals surface area (Å²) in [5.74, 6) is 0.844. The molecule has 0 spiro atoms. The first-order valence-electron chi connectivity index (χ1n) is 8.05. The molecule has 0 atom stereocenters.